The molecule has 4 aromatic carbocycles. The van der Waals surface area contributed by atoms with Crippen LogP contribution in [-0.2, 0) is 12.2 Å². The standard InChI is InChI=1S/C41H52O2/c1-26(2)30-19-21-34(37(23-30)28(5)6)33-16-12-11-15-32(33)25-40(9,10)41(42,43)39-18-14-13-17-36(39)35-22-20-31(27(3)4)24-38(35)29(7)8/h11-24,26-29,42-43H,25H2,1-10H3. The molecule has 0 bridgehead atoms. The number of benzene rings is 4. The Bertz CT molecular complexity index is 1550. The Hall–Kier alpha value is -3.20. The molecule has 0 saturated heterocycles. The lowest BCUT2D eigenvalue weighted by Crippen LogP contribution is -2.43. The van der Waals surface area contributed by atoms with Crippen molar-refractivity contribution in [3.8, 4) is 22.3 Å². The summed E-state index contributed by atoms with van der Waals surface area (Å²) in [5.74, 6) is -0.528. The molecule has 43 heavy (non-hydrogen) atoms. The van der Waals surface area contributed by atoms with E-state index in [4.69, 9.17) is 0 Å². The van der Waals surface area contributed by atoms with Gasteiger partial charge in [0.05, 0.1) is 0 Å². The Morgan fingerprint density at radius 2 is 0.953 bits per heavy atom. The molecule has 0 aliphatic carbocycles. The quantitative estimate of drug-likeness (QED) is 0.184. The molecule has 0 amide bonds. The Balaban J connectivity index is 1.80. The first kappa shape index (κ1) is 32.7. The van der Waals surface area contributed by atoms with Gasteiger partial charge >= 0.3 is 0 Å². The van der Waals surface area contributed by atoms with Gasteiger partial charge in [-0.25, -0.2) is 0 Å². The first-order valence-corrected chi connectivity index (χ1v) is 16.1. The third-order valence-electron chi connectivity index (χ3n) is 9.21. The van der Waals surface area contributed by atoms with Crippen molar-refractivity contribution < 1.29 is 10.2 Å². The number of aliphatic hydroxyl groups is 2. The van der Waals surface area contributed by atoms with Crippen molar-refractivity contribution in [2.75, 3.05) is 0 Å². The molecule has 0 radical (unpaired) electrons. The molecule has 2 nitrogen and oxygen atoms in total. The van der Waals surface area contributed by atoms with Crippen LogP contribution >= 0.6 is 0 Å². The van der Waals surface area contributed by atoms with Gasteiger partial charge in [0.1, 0.15) is 0 Å². The zero-order valence-corrected chi connectivity index (χ0v) is 28.0. The van der Waals surface area contributed by atoms with Crippen molar-refractivity contribution in [1.29, 1.82) is 0 Å². The summed E-state index contributed by atoms with van der Waals surface area (Å²) in [6, 6.07) is 29.7. The van der Waals surface area contributed by atoms with Crippen molar-refractivity contribution in [1.82, 2.24) is 0 Å². The zero-order chi connectivity index (χ0) is 31.7. The van der Waals surface area contributed by atoms with Crippen LogP contribution in [0.1, 0.15) is 126 Å². The molecule has 0 fully saturated rings. The molecule has 0 saturated carbocycles. The average Bonchev–Trinajstić information content (AvgIpc) is 2.96. The van der Waals surface area contributed by atoms with E-state index >= 15 is 0 Å². The van der Waals surface area contributed by atoms with Crippen LogP contribution in [0.25, 0.3) is 22.3 Å². The predicted molar refractivity (Wildman–Crippen MR) is 184 cm³/mol. The molecule has 0 aliphatic rings. The fraction of sp³-hybridized carbons (Fsp3) is 0.415. The SMILES string of the molecule is CC(C)c1ccc(-c2ccccc2CC(C)(C)C(O)(O)c2ccccc2-c2ccc(C(C)C)cc2C(C)C)c(C(C)C)c1. The van der Waals surface area contributed by atoms with Crippen LogP contribution in [0.3, 0.4) is 0 Å². The van der Waals surface area contributed by atoms with E-state index < -0.39 is 11.2 Å². The van der Waals surface area contributed by atoms with Crippen LogP contribution in [0.5, 0.6) is 0 Å². The van der Waals surface area contributed by atoms with Gasteiger partial charge in [-0.2, -0.15) is 0 Å². The molecule has 4 aromatic rings. The Morgan fingerprint density at radius 3 is 1.44 bits per heavy atom. The van der Waals surface area contributed by atoms with E-state index in [-0.39, 0.29) is 0 Å². The van der Waals surface area contributed by atoms with Crippen molar-refractivity contribution in [3.05, 3.63) is 118 Å². The molecule has 2 heteroatoms. The van der Waals surface area contributed by atoms with Crippen LogP contribution in [0.4, 0.5) is 0 Å². The lowest BCUT2D eigenvalue weighted by molar-refractivity contribution is -0.243. The average molecular weight is 577 g/mol. The van der Waals surface area contributed by atoms with Crippen LogP contribution in [0.15, 0.2) is 84.9 Å². The molecule has 2 N–H and O–H groups in total. The number of rotatable bonds is 10. The molecule has 0 spiro atoms. The zero-order valence-electron chi connectivity index (χ0n) is 28.0. The van der Waals surface area contributed by atoms with Gasteiger partial charge in [0, 0.05) is 11.0 Å². The van der Waals surface area contributed by atoms with Crippen molar-refractivity contribution in [2.24, 2.45) is 5.41 Å². The third-order valence-corrected chi connectivity index (χ3v) is 9.21. The van der Waals surface area contributed by atoms with Gasteiger partial charge in [-0.15, -0.1) is 0 Å². The smallest absolute Gasteiger partial charge is 0.195 e. The van der Waals surface area contributed by atoms with E-state index in [0.717, 1.165) is 22.3 Å². The van der Waals surface area contributed by atoms with E-state index in [0.29, 0.717) is 35.7 Å². The second kappa shape index (κ2) is 12.8. The van der Waals surface area contributed by atoms with Gasteiger partial charge in [-0.1, -0.05) is 154 Å². The highest BCUT2D eigenvalue weighted by atomic mass is 16.5. The second-order valence-corrected chi connectivity index (χ2v) is 14.2. The van der Waals surface area contributed by atoms with E-state index in [1.165, 1.54) is 27.8 Å². The summed E-state index contributed by atoms with van der Waals surface area (Å²) in [4.78, 5) is 0. The minimum absolute atomic E-state index is 0.297. The topological polar surface area (TPSA) is 40.5 Å². The fourth-order valence-corrected chi connectivity index (χ4v) is 6.25. The molecule has 0 aliphatic heterocycles. The second-order valence-electron chi connectivity index (χ2n) is 14.2. The maximum Gasteiger partial charge on any atom is 0.195 e. The predicted octanol–water partition coefficient (Wildman–Crippen LogP) is 10.9. The van der Waals surface area contributed by atoms with E-state index in [1.807, 2.05) is 38.1 Å². The van der Waals surface area contributed by atoms with Gasteiger partial charge in [0.2, 0.25) is 0 Å². The monoisotopic (exact) mass is 576 g/mol. The van der Waals surface area contributed by atoms with E-state index in [9.17, 15) is 10.2 Å². The first-order chi connectivity index (χ1) is 20.2. The summed E-state index contributed by atoms with van der Waals surface area (Å²) < 4.78 is 0. The van der Waals surface area contributed by atoms with Crippen molar-refractivity contribution >= 4 is 0 Å². The minimum Gasteiger partial charge on any atom is -0.361 e. The van der Waals surface area contributed by atoms with E-state index in [1.54, 1.807) is 0 Å². The molecule has 0 heterocycles. The van der Waals surface area contributed by atoms with Gasteiger partial charge in [0.15, 0.2) is 5.79 Å². The summed E-state index contributed by atoms with van der Waals surface area (Å²) in [5.41, 5.74) is 10.3. The van der Waals surface area contributed by atoms with Gasteiger partial charge < -0.3 is 10.2 Å². The lowest BCUT2D eigenvalue weighted by Gasteiger charge is -2.40. The summed E-state index contributed by atoms with van der Waals surface area (Å²) in [6.45, 7) is 21.7. The van der Waals surface area contributed by atoms with Crippen LogP contribution in [0, 0.1) is 5.41 Å². The highest BCUT2D eigenvalue weighted by molar-refractivity contribution is 5.74. The van der Waals surface area contributed by atoms with Crippen LogP contribution in [-0.4, -0.2) is 10.2 Å². The highest BCUT2D eigenvalue weighted by Gasteiger charge is 2.45. The molecule has 0 atom stereocenters. The Labute approximate surface area is 260 Å². The molecule has 4 rings (SSSR count). The molecule has 228 valence electrons. The minimum atomic E-state index is -2.08. The summed E-state index contributed by atoms with van der Waals surface area (Å²) in [7, 11) is 0. The maximum absolute atomic E-state index is 12.1. The van der Waals surface area contributed by atoms with Crippen molar-refractivity contribution in [2.45, 2.75) is 105 Å². The van der Waals surface area contributed by atoms with Crippen molar-refractivity contribution in [3.63, 3.8) is 0 Å². The van der Waals surface area contributed by atoms with Crippen LogP contribution < -0.4 is 0 Å². The van der Waals surface area contributed by atoms with Gasteiger partial charge in [0.25, 0.3) is 0 Å². The lowest BCUT2D eigenvalue weighted by atomic mass is 9.71. The van der Waals surface area contributed by atoms with Gasteiger partial charge in [-0.3, -0.25) is 0 Å². The molecule has 0 unspecified atom stereocenters. The maximum atomic E-state index is 12.1. The third kappa shape index (κ3) is 6.66. The van der Waals surface area contributed by atoms with E-state index in [2.05, 4.69) is 116 Å². The van der Waals surface area contributed by atoms with Crippen LogP contribution in [0.2, 0.25) is 0 Å². The molecular formula is C41H52O2. The highest BCUT2D eigenvalue weighted by Crippen LogP contribution is 2.46. The first-order valence-electron chi connectivity index (χ1n) is 16.1. The Kier molecular flexibility index (Phi) is 9.74. The summed E-state index contributed by atoms with van der Waals surface area (Å²) in [6.07, 6.45) is 0.497. The fourth-order valence-electron chi connectivity index (χ4n) is 6.25. The number of hydrogen-bond acceptors (Lipinski definition) is 2. The molecular weight excluding hydrogens is 524 g/mol. The molecule has 0 aromatic heterocycles. The Morgan fingerprint density at radius 1 is 0.512 bits per heavy atom. The summed E-state index contributed by atoms with van der Waals surface area (Å²) >= 11 is 0. The normalized spacial score (nSPS) is 12.7. The largest absolute Gasteiger partial charge is 0.361 e. The summed E-state index contributed by atoms with van der Waals surface area (Å²) in [5, 5.41) is 24.3. The van der Waals surface area contributed by atoms with Gasteiger partial charge in [-0.05, 0) is 80.2 Å². The number of hydrogen-bond donors (Lipinski definition) is 2.